The summed E-state index contributed by atoms with van der Waals surface area (Å²) in [6, 6.07) is 3.66. The molecule has 1 rings (SSSR count). The zero-order chi connectivity index (χ0) is 14.7. The number of hydrogen-bond acceptors (Lipinski definition) is 4. The standard InChI is InChI=1S/C12H19FN2O3S/c1-3-7-12(2,16)8-15-19(17,18)11-9(13)5-4-6-10(11)14/h4-6,15-16H,3,7-8,14H2,1-2H3. The molecule has 108 valence electrons. The van der Waals surface area contributed by atoms with Gasteiger partial charge in [-0.3, -0.25) is 0 Å². The summed E-state index contributed by atoms with van der Waals surface area (Å²) >= 11 is 0. The maximum Gasteiger partial charge on any atom is 0.245 e. The van der Waals surface area contributed by atoms with Crippen molar-refractivity contribution in [1.82, 2.24) is 4.72 Å². The molecule has 4 N–H and O–H groups in total. The summed E-state index contributed by atoms with van der Waals surface area (Å²) in [4.78, 5) is -0.581. The summed E-state index contributed by atoms with van der Waals surface area (Å²) in [7, 11) is -4.08. The average Bonchev–Trinajstić information content (AvgIpc) is 2.26. The molecule has 0 spiro atoms. The summed E-state index contributed by atoms with van der Waals surface area (Å²) in [6.45, 7) is 3.19. The van der Waals surface area contributed by atoms with Crippen LogP contribution in [-0.2, 0) is 10.0 Å². The van der Waals surface area contributed by atoms with Crippen LogP contribution in [0.25, 0.3) is 0 Å². The first kappa shape index (κ1) is 15.9. The topological polar surface area (TPSA) is 92.4 Å². The van der Waals surface area contributed by atoms with Gasteiger partial charge in [-0.15, -0.1) is 0 Å². The van der Waals surface area contributed by atoms with Crippen molar-refractivity contribution in [2.45, 2.75) is 37.2 Å². The third kappa shape index (κ3) is 4.15. The van der Waals surface area contributed by atoms with Gasteiger partial charge in [0, 0.05) is 6.54 Å². The first-order valence-corrected chi connectivity index (χ1v) is 7.44. The number of halogens is 1. The van der Waals surface area contributed by atoms with Gasteiger partial charge in [-0.25, -0.2) is 17.5 Å². The Morgan fingerprint density at radius 1 is 1.47 bits per heavy atom. The Balaban J connectivity index is 2.94. The molecular weight excluding hydrogens is 271 g/mol. The van der Waals surface area contributed by atoms with E-state index in [1.807, 2.05) is 6.92 Å². The Bertz CT molecular complexity index is 524. The molecule has 1 aromatic rings. The van der Waals surface area contributed by atoms with E-state index >= 15 is 0 Å². The molecule has 0 radical (unpaired) electrons. The molecule has 0 amide bonds. The largest absolute Gasteiger partial charge is 0.398 e. The molecule has 19 heavy (non-hydrogen) atoms. The van der Waals surface area contributed by atoms with Crippen LogP contribution in [0.5, 0.6) is 0 Å². The Hall–Kier alpha value is -1.18. The van der Waals surface area contributed by atoms with Crippen LogP contribution < -0.4 is 10.5 Å². The highest BCUT2D eigenvalue weighted by molar-refractivity contribution is 7.89. The minimum atomic E-state index is -4.08. The van der Waals surface area contributed by atoms with Crippen LogP contribution in [-0.4, -0.2) is 25.7 Å². The lowest BCUT2D eigenvalue weighted by Gasteiger charge is -2.23. The van der Waals surface area contributed by atoms with E-state index < -0.39 is 26.3 Å². The van der Waals surface area contributed by atoms with Crippen molar-refractivity contribution in [3.8, 4) is 0 Å². The van der Waals surface area contributed by atoms with Crippen molar-refractivity contribution in [3.05, 3.63) is 24.0 Å². The minimum Gasteiger partial charge on any atom is -0.398 e. The molecule has 1 aromatic carbocycles. The molecule has 1 atom stereocenters. The predicted molar refractivity (Wildman–Crippen MR) is 71.5 cm³/mol. The van der Waals surface area contributed by atoms with Crippen molar-refractivity contribution in [2.75, 3.05) is 12.3 Å². The van der Waals surface area contributed by atoms with Crippen LogP contribution in [0, 0.1) is 5.82 Å². The number of benzene rings is 1. The molecule has 0 aromatic heterocycles. The minimum absolute atomic E-state index is 0.164. The third-order valence-corrected chi connectivity index (χ3v) is 4.19. The Kier molecular flexibility index (Phi) is 4.89. The summed E-state index contributed by atoms with van der Waals surface area (Å²) in [5, 5.41) is 9.91. The second-order valence-corrected chi connectivity index (χ2v) is 6.43. The van der Waals surface area contributed by atoms with Crippen molar-refractivity contribution in [1.29, 1.82) is 0 Å². The van der Waals surface area contributed by atoms with Gasteiger partial charge in [-0.1, -0.05) is 19.4 Å². The van der Waals surface area contributed by atoms with Crippen molar-refractivity contribution < 1.29 is 17.9 Å². The van der Waals surface area contributed by atoms with Gasteiger partial charge >= 0.3 is 0 Å². The van der Waals surface area contributed by atoms with Gasteiger partial charge in [0.2, 0.25) is 10.0 Å². The number of anilines is 1. The summed E-state index contributed by atoms with van der Waals surface area (Å²) < 4.78 is 39.7. The van der Waals surface area contributed by atoms with Crippen LogP contribution in [0.2, 0.25) is 0 Å². The molecular formula is C12H19FN2O3S. The van der Waals surface area contributed by atoms with E-state index in [0.29, 0.717) is 12.8 Å². The Labute approximate surface area is 112 Å². The first-order chi connectivity index (χ1) is 8.69. The van der Waals surface area contributed by atoms with E-state index in [-0.39, 0.29) is 12.2 Å². The summed E-state index contributed by atoms with van der Waals surface area (Å²) in [5.74, 6) is -0.914. The van der Waals surface area contributed by atoms with Crippen LogP contribution >= 0.6 is 0 Å². The molecule has 0 heterocycles. The van der Waals surface area contributed by atoms with Crippen LogP contribution in [0.4, 0.5) is 10.1 Å². The van der Waals surface area contributed by atoms with E-state index in [1.165, 1.54) is 19.1 Å². The van der Waals surface area contributed by atoms with Gasteiger partial charge in [0.1, 0.15) is 10.7 Å². The zero-order valence-electron chi connectivity index (χ0n) is 11.0. The number of sulfonamides is 1. The van der Waals surface area contributed by atoms with E-state index in [9.17, 15) is 17.9 Å². The number of aliphatic hydroxyl groups is 1. The van der Waals surface area contributed by atoms with Crippen LogP contribution in [0.3, 0.4) is 0 Å². The van der Waals surface area contributed by atoms with E-state index in [0.717, 1.165) is 6.07 Å². The number of hydrogen-bond donors (Lipinski definition) is 3. The second-order valence-electron chi connectivity index (χ2n) is 4.73. The Morgan fingerprint density at radius 2 is 2.11 bits per heavy atom. The zero-order valence-corrected chi connectivity index (χ0v) is 11.8. The van der Waals surface area contributed by atoms with Gasteiger partial charge < -0.3 is 10.8 Å². The quantitative estimate of drug-likeness (QED) is 0.687. The predicted octanol–water partition coefficient (Wildman–Crippen LogP) is 1.24. The highest BCUT2D eigenvalue weighted by Crippen LogP contribution is 2.22. The Morgan fingerprint density at radius 3 is 2.63 bits per heavy atom. The van der Waals surface area contributed by atoms with Crippen molar-refractivity contribution >= 4 is 15.7 Å². The molecule has 7 heteroatoms. The van der Waals surface area contributed by atoms with E-state index in [2.05, 4.69) is 4.72 Å². The van der Waals surface area contributed by atoms with Crippen LogP contribution in [0.1, 0.15) is 26.7 Å². The molecule has 0 aliphatic carbocycles. The van der Waals surface area contributed by atoms with Gasteiger partial charge in [-0.05, 0) is 25.5 Å². The van der Waals surface area contributed by atoms with Gasteiger partial charge in [0.05, 0.1) is 11.3 Å². The normalized spacial score (nSPS) is 15.2. The van der Waals surface area contributed by atoms with Gasteiger partial charge in [0.25, 0.3) is 0 Å². The lowest BCUT2D eigenvalue weighted by atomic mass is 10.0. The lowest BCUT2D eigenvalue weighted by molar-refractivity contribution is 0.0554. The second kappa shape index (κ2) is 5.85. The van der Waals surface area contributed by atoms with E-state index in [4.69, 9.17) is 5.73 Å². The van der Waals surface area contributed by atoms with Crippen LogP contribution in [0.15, 0.2) is 23.1 Å². The summed E-state index contributed by atoms with van der Waals surface area (Å²) in [5.41, 5.74) is 4.14. The maximum absolute atomic E-state index is 13.6. The number of nitrogen functional groups attached to an aromatic ring is 1. The fourth-order valence-electron chi connectivity index (χ4n) is 1.76. The lowest BCUT2D eigenvalue weighted by Crippen LogP contribution is -2.40. The molecule has 0 saturated carbocycles. The van der Waals surface area contributed by atoms with Gasteiger partial charge in [0.15, 0.2) is 0 Å². The molecule has 0 saturated heterocycles. The fraction of sp³-hybridized carbons (Fsp3) is 0.500. The van der Waals surface area contributed by atoms with E-state index in [1.54, 1.807) is 0 Å². The molecule has 0 fully saturated rings. The molecule has 5 nitrogen and oxygen atoms in total. The SMILES string of the molecule is CCCC(C)(O)CNS(=O)(=O)c1c(N)cccc1F. The van der Waals surface area contributed by atoms with Gasteiger partial charge in [-0.2, -0.15) is 0 Å². The molecule has 0 aliphatic heterocycles. The number of nitrogens with two attached hydrogens (primary N) is 1. The third-order valence-electron chi connectivity index (χ3n) is 2.70. The molecule has 0 bridgehead atoms. The van der Waals surface area contributed by atoms with Crippen molar-refractivity contribution in [2.24, 2.45) is 0 Å². The highest BCUT2D eigenvalue weighted by atomic mass is 32.2. The molecule has 0 aliphatic rings. The highest BCUT2D eigenvalue weighted by Gasteiger charge is 2.26. The fourth-order valence-corrected chi connectivity index (χ4v) is 3.11. The number of rotatable bonds is 6. The monoisotopic (exact) mass is 290 g/mol. The smallest absolute Gasteiger partial charge is 0.245 e. The average molecular weight is 290 g/mol. The maximum atomic E-state index is 13.6. The summed E-state index contributed by atoms with van der Waals surface area (Å²) in [6.07, 6.45) is 1.14. The first-order valence-electron chi connectivity index (χ1n) is 5.95. The van der Waals surface area contributed by atoms with Crippen molar-refractivity contribution in [3.63, 3.8) is 0 Å². The molecule has 1 unspecified atom stereocenters. The number of nitrogens with one attached hydrogen (secondary N) is 1.